The van der Waals surface area contributed by atoms with Crippen molar-refractivity contribution >= 4 is 0 Å². The standard InChI is InChI=1S/C14H23F3N4O/c1-5-6-21-10(2)18-19-12(21)8-20-7-11(14(15,16)17)22-13(3,4)9-20/h11H,5-9H2,1-4H3. The summed E-state index contributed by atoms with van der Waals surface area (Å²) < 4.78 is 46.2. The van der Waals surface area contributed by atoms with E-state index in [1.807, 2.05) is 18.4 Å². The highest BCUT2D eigenvalue weighted by Crippen LogP contribution is 2.32. The van der Waals surface area contributed by atoms with Gasteiger partial charge in [-0.15, -0.1) is 10.2 Å². The molecule has 0 radical (unpaired) electrons. The van der Waals surface area contributed by atoms with Crippen LogP contribution in [0.1, 0.15) is 38.8 Å². The Morgan fingerprint density at radius 3 is 2.59 bits per heavy atom. The van der Waals surface area contributed by atoms with E-state index < -0.39 is 17.9 Å². The Labute approximate surface area is 128 Å². The minimum atomic E-state index is -4.36. The van der Waals surface area contributed by atoms with Gasteiger partial charge in [0.1, 0.15) is 11.6 Å². The van der Waals surface area contributed by atoms with Gasteiger partial charge in [0.25, 0.3) is 0 Å². The Hall–Kier alpha value is -1.15. The second kappa shape index (κ2) is 6.16. The van der Waals surface area contributed by atoms with Gasteiger partial charge in [0.05, 0.1) is 12.1 Å². The van der Waals surface area contributed by atoms with Gasteiger partial charge >= 0.3 is 6.18 Å². The van der Waals surface area contributed by atoms with Gasteiger partial charge in [-0.05, 0) is 27.2 Å². The van der Waals surface area contributed by atoms with Crippen molar-refractivity contribution in [1.82, 2.24) is 19.7 Å². The highest BCUT2D eigenvalue weighted by Gasteiger charge is 2.48. The van der Waals surface area contributed by atoms with Crippen LogP contribution in [0.5, 0.6) is 0 Å². The Kier molecular flexibility index (Phi) is 4.81. The third kappa shape index (κ3) is 3.98. The highest BCUT2D eigenvalue weighted by atomic mass is 19.4. The fourth-order valence-electron chi connectivity index (χ4n) is 2.84. The third-order valence-electron chi connectivity index (χ3n) is 3.68. The molecule has 22 heavy (non-hydrogen) atoms. The average molecular weight is 320 g/mol. The van der Waals surface area contributed by atoms with Crippen molar-refractivity contribution in [3.05, 3.63) is 11.6 Å². The zero-order chi connectivity index (χ0) is 16.5. The molecule has 2 heterocycles. The van der Waals surface area contributed by atoms with E-state index >= 15 is 0 Å². The van der Waals surface area contributed by atoms with Crippen LogP contribution in [0.2, 0.25) is 0 Å². The molecule has 1 aromatic rings. The second-order valence-electron chi connectivity index (χ2n) is 6.39. The number of rotatable bonds is 4. The largest absolute Gasteiger partial charge is 0.415 e. The number of ether oxygens (including phenoxy) is 1. The van der Waals surface area contributed by atoms with Crippen LogP contribution < -0.4 is 0 Å². The van der Waals surface area contributed by atoms with Crippen LogP contribution in [-0.2, 0) is 17.8 Å². The van der Waals surface area contributed by atoms with Crippen molar-refractivity contribution in [2.24, 2.45) is 0 Å². The summed E-state index contributed by atoms with van der Waals surface area (Å²) in [6.07, 6.45) is -5.20. The molecule has 5 nitrogen and oxygen atoms in total. The SMILES string of the molecule is CCCn1c(C)nnc1CN1CC(C(F)(F)F)OC(C)(C)C1. The van der Waals surface area contributed by atoms with Gasteiger partial charge in [-0.2, -0.15) is 13.2 Å². The van der Waals surface area contributed by atoms with Crippen molar-refractivity contribution < 1.29 is 17.9 Å². The first-order valence-electron chi connectivity index (χ1n) is 7.48. The van der Waals surface area contributed by atoms with E-state index in [0.717, 1.165) is 18.8 Å². The van der Waals surface area contributed by atoms with Gasteiger partial charge in [0.15, 0.2) is 6.10 Å². The summed E-state index contributed by atoms with van der Waals surface area (Å²) in [5, 5.41) is 8.15. The van der Waals surface area contributed by atoms with Crippen LogP contribution in [0.3, 0.4) is 0 Å². The van der Waals surface area contributed by atoms with Crippen LogP contribution in [-0.4, -0.2) is 50.6 Å². The molecular formula is C14H23F3N4O. The first-order chi connectivity index (χ1) is 10.1. The lowest BCUT2D eigenvalue weighted by molar-refractivity contribution is -0.273. The van der Waals surface area contributed by atoms with Gasteiger partial charge in [-0.3, -0.25) is 4.90 Å². The van der Waals surface area contributed by atoms with Crippen LogP contribution in [0.4, 0.5) is 13.2 Å². The fraction of sp³-hybridized carbons (Fsp3) is 0.857. The fourth-order valence-corrected chi connectivity index (χ4v) is 2.84. The third-order valence-corrected chi connectivity index (χ3v) is 3.68. The molecule has 0 aromatic carbocycles. The molecule has 1 saturated heterocycles. The van der Waals surface area contributed by atoms with Crippen molar-refractivity contribution in [3.63, 3.8) is 0 Å². The van der Waals surface area contributed by atoms with E-state index in [0.29, 0.717) is 18.9 Å². The molecule has 8 heteroatoms. The Balaban J connectivity index is 2.15. The molecule has 1 unspecified atom stereocenters. The monoisotopic (exact) mass is 320 g/mol. The van der Waals surface area contributed by atoms with E-state index in [9.17, 15) is 13.2 Å². The summed E-state index contributed by atoms with van der Waals surface area (Å²) in [6.45, 7) is 8.63. The van der Waals surface area contributed by atoms with Crippen LogP contribution in [0, 0.1) is 6.92 Å². The maximum Gasteiger partial charge on any atom is 0.415 e. The van der Waals surface area contributed by atoms with Crippen molar-refractivity contribution in [2.45, 2.75) is 65.1 Å². The van der Waals surface area contributed by atoms with Gasteiger partial charge in [0.2, 0.25) is 0 Å². The van der Waals surface area contributed by atoms with E-state index in [1.165, 1.54) is 0 Å². The number of nitrogens with zero attached hydrogens (tertiary/aromatic N) is 4. The van der Waals surface area contributed by atoms with E-state index in [2.05, 4.69) is 10.2 Å². The first-order valence-corrected chi connectivity index (χ1v) is 7.48. The topological polar surface area (TPSA) is 43.2 Å². The van der Waals surface area contributed by atoms with Crippen LogP contribution >= 0.6 is 0 Å². The maximum absolute atomic E-state index is 13.0. The first kappa shape index (κ1) is 17.2. The molecular weight excluding hydrogens is 297 g/mol. The van der Waals surface area contributed by atoms with Gasteiger partial charge in [-0.1, -0.05) is 6.92 Å². The molecule has 1 aliphatic rings. The number of alkyl halides is 3. The average Bonchev–Trinajstić information content (AvgIpc) is 2.69. The Morgan fingerprint density at radius 1 is 1.32 bits per heavy atom. The molecule has 0 N–H and O–H groups in total. The minimum absolute atomic E-state index is 0.176. The number of hydrogen-bond donors (Lipinski definition) is 0. The lowest BCUT2D eigenvalue weighted by Crippen LogP contribution is -2.56. The molecule has 0 bridgehead atoms. The summed E-state index contributed by atoms with van der Waals surface area (Å²) in [5.74, 6) is 1.50. The molecule has 1 fully saturated rings. The van der Waals surface area contributed by atoms with Gasteiger partial charge < -0.3 is 9.30 Å². The number of hydrogen-bond acceptors (Lipinski definition) is 4. The van der Waals surface area contributed by atoms with Crippen molar-refractivity contribution in [1.29, 1.82) is 0 Å². The molecule has 1 atom stereocenters. The summed E-state index contributed by atoms with van der Waals surface area (Å²) >= 11 is 0. The molecule has 1 aromatic heterocycles. The van der Waals surface area contributed by atoms with Crippen molar-refractivity contribution in [3.8, 4) is 0 Å². The molecule has 0 aliphatic carbocycles. The Bertz CT molecular complexity index is 513. The molecule has 0 amide bonds. The lowest BCUT2D eigenvalue weighted by Gasteiger charge is -2.43. The minimum Gasteiger partial charge on any atom is -0.360 e. The number of aromatic nitrogens is 3. The normalized spacial score (nSPS) is 23.0. The summed E-state index contributed by atoms with van der Waals surface area (Å²) in [5.41, 5.74) is -0.844. The number of halogens is 3. The predicted molar refractivity (Wildman–Crippen MR) is 75.3 cm³/mol. The summed E-state index contributed by atoms with van der Waals surface area (Å²) in [6, 6.07) is 0. The number of morpholine rings is 1. The summed E-state index contributed by atoms with van der Waals surface area (Å²) in [7, 11) is 0. The maximum atomic E-state index is 13.0. The highest BCUT2D eigenvalue weighted by molar-refractivity contribution is 4.96. The molecule has 1 aliphatic heterocycles. The van der Waals surface area contributed by atoms with E-state index in [4.69, 9.17) is 4.74 Å². The molecule has 126 valence electrons. The van der Waals surface area contributed by atoms with E-state index in [-0.39, 0.29) is 6.54 Å². The predicted octanol–water partition coefficient (Wildman–Crippen LogP) is 2.54. The van der Waals surface area contributed by atoms with Gasteiger partial charge in [0, 0.05) is 19.6 Å². The molecule has 0 saturated carbocycles. The smallest absolute Gasteiger partial charge is 0.360 e. The second-order valence-corrected chi connectivity index (χ2v) is 6.39. The molecule has 0 spiro atoms. The lowest BCUT2D eigenvalue weighted by atomic mass is 10.0. The Morgan fingerprint density at radius 2 is 2.00 bits per heavy atom. The van der Waals surface area contributed by atoms with Crippen molar-refractivity contribution in [2.75, 3.05) is 13.1 Å². The van der Waals surface area contributed by atoms with E-state index in [1.54, 1.807) is 18.7 Å². The zero-order valence-electron chi connectivity index (χ0n) is 13.4. The van der Waals surface area contributed by atoms with Gasteiger partial charge in [-0.25, -0.2) is 0 Å². The number of aryl methyl sites for hydroxylation is 1. The van der Waals surface area contributed by atoms with Crippen LogP contribution in [0.25, 0.3) is 0 Å². The quantitative estimate of drug-likeness (QED) is 0.855. The molecule has 2 rings (SSSR count). The summed E-state index contributed by atoms with van der Waals surface area (Å²) in [4.78, 5) is 1.75. The van der Waals surface area contributed by atoms with Crippen LogP contribution in [0.15, 0.2) is 0 Å². The zero-order valence-corrected chi connectivity index (χ0v) is 13.4.